The van der Waals surface area contributed by atoms with Crippen molar-refractivity contribution < 1.29 is 14.3 Å². The number of carbonyl (C=O) groups is 2. The number of fused-ring (bicyclic) bond motifs is 3. The molecule has 0 saturated heterocycles. The Balaban J connectivity index is 2.23. The smallest absolute Gasteiger partial charge is 0.345 e. The Labute approximate surface area is 136 Å². The van der Waals surface area contributed by atoms with E-state index in [1.165, 1.54) is 23.8 Å². The van der Waals surface area contributed by atoms with Gasteiger partial charge >= 0.3 is 5.97 Å². The van der Waals surface area contributed by atoms with Crippen LogP contribution in [0.3, 0.4) is 0 Å². The van der Waals surface area contributed by atoms with E-state index in [1.807, 2.05) is 0 Å². The minimum atomic E-state index is -0.725. The Morgan fingerprint density at radius 3 is 2.79 bits per heavy atom. The summed E-state index contributed by atoms with van der Waals surface area (Å²) in [4.78, 5) is 43.9. The first-order valence-electron chi connectivity index (χ1n) is 7.26. The highest BCUT2D eigenvalue weighted by atomic mass is 16.5. The molecule has 1 N–H and O–H groups in total. The van der Waals surface area contributed by atoms with E-state index < -0.39 is 11.5 Å². The van der Waals surface area contributed by atoms with Crippen LogP contribution in [0, 0.1) is 0 Å². The first kappa shape index (κ1) is 15.6. The van der Waals surface area contributed by atoms with Crippen molar-refractivity contribution in [3.63, 3.8) is 0 Å². The molecule has 122 valence electrons. The fourth-order valence-electron chi connectivity index (χ4n) is 2.35. The van der Waals surface area contributed by atoms with Gasteiger partial charge in [0, 0.05) is 24.2 Å². The minimum Gasteiger partial charge on any atom is -0.462 e. The van der Waals surface area contributed by atoms with E-state index in [1.54, 1.807) is 25.1 Å². The summed E-state index contributed by atoms with van der Waals surface area (Å²) >= 11 is 0. The monoisotopic (exact) mass is 326 g/mol. The van der Waals surface area contributed by atoms with Crippen LogP contribution in [0.15, 0.2) is 35.5 Å². The maximum absolute atomic E-state index is 12.5. The van der Waals surface area contributed by atoms with Gasteiger partial charge in [-0.2, -0.15) is 0 Å². The highest BCUT2D eigenvalue weighted by Crippen LogP contribution is 2.20. The van der Waals surface area contributed by atoms with Gasteiger partial charge in [-0.3, -0.25) is 9.59 Å². The van der Waals surface area contributed by atoms with E-state index in [0.29, 0.717) is 22.2 Å². The molecule has 3 rings (SSSR count). The quantitative estimate of drug-likeness (QED) is 0.576. The first-order valence-corrected chi connectivity index (χ1v) is 7.26. The van der Waals surface area contributed by atoms with E-state index in [2.05, 4.69) is 15.3 Å². The number of nitrogens with zero attached hydrogens (tertiary/aromatic N) is 3. The van der Waals surface area contributed by atoms with E-state index in [9.17, 15) is 14.4 Å². The van der Waals surface area contributed by atoms with E-state index in [0.717, 1.165) is 0 Å². The summed E-state index contributed by atoms with van der Waals surface area (Å²) < 4.78 is 6.03. The SMILES string of the molecule is CCOC(=O)c1cnc2c3cc(NC(C)=O)ccc3ncn2c1=O. The highest BCUT2D eigenvalue weighted by molar-refractivity contribution is 5.97. The molecule has 1 amide bonds. The topological polar surface area (TPSA) is 103 Å². The summed E-state index contributed by atoms with van der Waals surface area (Å²) in [7, 11) is 0. The van der Waals surface area contributed by atoms with Crippen LogP contribution >= 0.6 is 0 Å². The number of hydrogen-bond donors (Lipinski definition) is 1. The lowest BCUT2D eigenvalue weighted by molar-refractivity contribution is -0.114. The molecule has 0 aliphatic heterocycles. The van der Waals surface area contributed by atoms with Crippen LogP contribution in [0.4, 0.5) is 5.69 Å². The molecular formula is C16H14N4O4. The number of aromatic nitrogens is 3. The molecule has 0 saturated carbocycles. The molecule has 0 radical (unpaired) electrons. The molecule has 0 unspecified atom stereocenters. The molecule has 8 nitrogen and oxygen atoms in total. The molecule has 0 spiro atoms. The van der Waals surface area contributed by atoms with Crippen LogP contribution in [-0.4, -0.2) is 32.9 Å². The normalized spacial score (nSPS) is 10.8. The number of carbonyl (C=O) groups excluding carboxylic acids is 2. The highest BCUT2D eigenvalue weighted by Gasteiger charge is 2.15. The predicted molar refractivity (Wildman–Crippen MR) is 87.0 cm³/mol. The molecule has 3 aromatic rings. The molecule has 2 heterocycles. The van der Waals surface area contributed by atoms with E-state index >= 15 is 0 Å². The van der Waals surface area contributed by atoms with Crippen LogP contribution in [0.2, 0.25) is 0 Å². The largest absolute Gasteiger partial charge is 0.462 e. The Hall–Kier alpha value is -3.29. The van der Waals surface area contributed by atoms with Crippen molar-refractivity contribution in [3.8, 4) is 0 Å². The van der Waals surface area contributed by atoms with Crippen molar-refractivity contribution in [3.05, 3.63) is 46.6 Å². The summed E-state index contributed by atoms with van der Waals surface area (Å²) in [6.45, 7) is 3.22. The van der Waals surface area contributed by atoms with Gasteiger partial charge in [0.05, 0.1) is 12.1 Å². The van der Waals surface area contributed by atoms with Gasteiger partial charge in [0.2, 0.25) is 5.91 Å². The molecule has 0 bridgehead atoms. The number of nitrogens with one attached hydrogen (secondary N) is 1. The van der Waals surface area contributed by atoms with Gasteiger partial charge in [-0.15, -0.1) is 0 Å². The van der Waals surface area contributed by atoms with Gasteiger partial charge in [-0.1, -0.05) is 0 Å². The van der Waals surface area contributed by atoms with Gasteiger partial charge in [0.15, 0.2) is 0 Å². The predicted octanol–water partition coefficient (Wildman–Crippen LogP) is 1.38. The summed E-state index contributed by atoms with van der Waals surface area (Å²) in [6.07, 6.45) is 2.51. The van der Waals surface area contributed by atoms with Crippen molar-refractivity contribution in [1.82, 2.24) is 14.4 Å². The van der Waals surface area contributed by atoms with Gasteiger partial charge in [0.25, 0.3) is 5.56 Å². The fraction of sp³-hybridized carbons (Fsp3) is 0.188. The number of benzene rings is 1. The van der Waals surface area contributed by atoms with Gasteiger partial charge < -0.3 is 10.1 Å². The average molecular weight is 326 g/mol. The lowest BCUT2D eigenvalue weighted by Crippen LogP contribution is -2.24. The van der Waals surface area contributed by atoms with Crippen LogP contribution in [-0.2, 0) is 9.53 Å². The lowest BCUT2D eigenvalue weighted by Gasteiger charge is -2.08. The van der Waals surface area contributed by atoms with Crippen LogP contribution in [0.1, 0.15) is 24.2 Å². The minimum absolute atomic E-state index is 0.159. The second kappa shape index (κ2) is 6.07. The molecular weight excluding hydrogens is 312 g/mol. The number of amides is 1. The van der Waals surface area contributed by atoms with Crippen molar-refractivity contribution in [2.75, 3.05) is 11.9 Å². The van der Waals surface area contributed by atoms with Crippen molar-refractivity contribution >= 4 is 34.1 Å². The molecule has 24 heavy (non-hydrogen) atoms. The van der Waals surface area contributed by atoms with E-state index in [-0.39, 0.29) is 18.1 Å². The molecule has 0 fully saturated rings. The van der Waals surface area contributed by atoms with Crippen LogP contribution in [0.5, 0.6) is 0 Å². The zero-order valence-electron chi connectivity index (χ0n) is 13.1. The molecule has 0 atom stereocenters. The Bertz CT molecular complexity index is 1030. The number of ether oxygens (including phenoxy) is 1. The molecule has 1 aromatic carbocycles. The summed E-state index contributed by atoms with van der Waals surface area (Å²) in [5, 5.41) is 3.25. The second-order valence-corrected chi connectivity index (χ2v) is 5.05. The third-order valence-corrected chi connectivity index (χ3v) is 3.36. The van der Waals surface area contributed by atoms with Crippen molar-refractivity contribution in [2.45, 2.75) is 13.8 Å². The Morgan fingerprint density at radius 1 is 1.29 bits per heavy atom. The lowest BCUT2D eigenvalue weighted by atomic mass is 10.2. The Kier molecular flexibility index (Phi) is 3.95. The molecule has 8 heteroatoms. The third kappa shape index (κ3) is 2.69. The van der Waals surface area contributed by atoms with E-state index in [4.69, 9.17) is 4.74 Å². The van der Waals surface area contributed by atoms with Crippen LogP contribution < -0.4 is 10.9 Å². The Morgan fingerprint density at radius 2 is 2.08 bits per heavy atom. The maximum Gasteiger partial charge on any atom is 0.345 e. The molecule has 0 aliphatic rings. The first-order chi connectivity index (χ1) is 11.5. The van der Waals surface area contributed by atoms with Gasteiger partial charge in [-0.25, -0.2) is 19.2 Å². The van der Waals surface area contributed by atoms with Crippen molar-refractivity contribution in [2.24, 2.45) is 0 Å². The fourth-order valence-corrected chi connectivity index (χ4v) is 2.35. The summed E-state index contributed by atoms with van der Waals surface area (Å²) in [5.74, 6) is -0.936. The average Bonchev–Trinajstić information content (AvgIpc) is 2.54. The maximum atomic E-state index is 12.5. The van der Waals surface area contributed by atoms with Gasteiger partial charge in [0.1, 0.15) is 17.5 Å². The zero-order valence-corrected chi connectivity index (χ0v) is 13.1. The number of rotatable bonds is 3. The molecule has 0 aliphatic carbocycles. The second-order valence-electron chi connectivity index (χ2n) is 5.05. The third-order valence-electron chi connectivity index (χ3n) is 3.36. The summed E-state index contributed by atoms with van der Waals surface area (Å²) in [6, 6.07) is 5.10. The summed E-state index contributed by atoms with van der Waals surface area (Å²) in [5.41, 5.74) is 0.796. The molecule has 2 aromatic heterocycles. The van der Waals surface area contributed by atoms with Gasteiger partial charge in [-0.05, 0) is 25.1 Å². The van der Waals surface area contributed by atoms with Crippen LogP contribution in [0.25, 0.3) is 16.6 Å². The van der Waals surface area contributed by atoms with Crippen molar-refractivity contribution in [1.29, 1.82) is 0 Å². The number of anilines is 1. The zero-order chi connectivity index (χ0) is 17.3. The standard InChI is InChI=1S/C16H14N4O4/c1-3-24-16(23)12-7-17-14-11-6-10(19-9(2)21)4-5-13(11)18-8-20(14)15(12)22/h4-8H,3H2,1-2H3,(H,19,21). The number of hydrogen-bond acceptors (Lipinski definition) is 6. The number of esters is 1.